The van der Waals surface area contributed by atoms with E-state index in [0.717, 1.165) is 9.36 Å². The maximum atomic E-state index is 12.9. The van der Waals surface area contributed by atoms with Crippen LogP contribution in [0.5, 0.6) is 23.3 Å². The summed E-state index contributed by atoms with van der Waals surface area (Å²) in [5.41, 5.74) is 0.175. The van der Waals surface area contributed by atoms with Crippen LogP contribution < -0.4 is 20.4 Å². The van der Waals surface area contributed by atoms with Crippen LogP contribution >= 0.6 is 46.4 Å². The fourth-order valence-electron chi connectivity index (χ4n) is 6.27. The molecule has 0 aliphatic rings. The summed E-state index contributed by atoms with van der Waals surface area (Å²) in [5, 5.41) is 76.0. The molecule has 0 unspecified atom stereocenters. The van der Waals surface area contributed by atoms with Crippen molar-refractivity contribution in [1.29, 1.82) is 0 Å². The van der Waals surface area contributed by atoms with E-state index in [9.17, 15) is 46.4 Å². The van der Waals surface area contributed by atoms with E-state index in [-0.39, 0.29) is 98.7 Å². The van der Waals surface area contributed by atoms with Crippen molar-refractivity contribution in [3.8, 4) is 34.6 Å². The molecule has 0 amide bonds. The van der Waals surface area contributed by atoms with Gasteiger partial charge in [-0.3, -0.25) is 0 Å². The van der Waals surface area contributed by atoms with E-state index in [1.54, 1.807) is 24.3 Å². The first-order chi connectivity index (χ1) is 30.1. The summed E-state index contributed by atoms with van der Waals surface area (Å²) < 4.78 is 71.3. The number of hydrogen-bond acceptors (Lipinski definition) is 16. The van der Waals surface area contributed by atoms with Crippen molar-refractivity contribution in [2.45, 2.75) is 23.6 Å². The van der Waals surface area contributed by atoms with Gasteiger partial charge in [-0.15, -0.1) is 10.2 Å². The maximum Gasteiger partial charge on any atom is 3.00 e. The minimum absolute atomic E-state index is 0. The molecule has 0 saturated heterocycles. The van der Waals surface area contributed by atoms with Crippen LogP contribution in [0.15, 0.2) is 127 Å². The topological polar surface area (TPSA) is 292 Å². The molecule has 0 atom stereocenters. The smallest absolute Gasteiger partial charge is 0.871 e. The first kappa shape index (κ1) is 48.6. The zero-order valence-electron chi connectivity index (χ0n) is 35.6. The second-order valence-electron chi connectivity index (χ2n) is 13.3. The van der Waals surface area contributed by atoms with Gasteiger partial charge in [-0.05, 0) is 62.4 Å². The van der Waals surface area contributed by atoms with E-state index >= 15 is 0 Å². The number of rotatable bonds is 8. The van der Waals surface area contributed by atoms with Crippen LogP contribution in [0.3, 0.4) is 0 Å². The molecule has 6 aromatic carbocycles. The number of hydrogen-bond donors (Lipinski definition) is 0. The van der Waals surface area contributed by atoms with Gasteiger partial charge in [0.2, 0.25) is 0 Å². The Morgan fingerprint density at radius 1 is 0.508 bits per heavy atom. The van der Waals surface area contributed by atoms with Gasteiger partial charge in [0.15, 0.2) is 0 Å². The van der Waals surface area contributed by atoms with Crippen molar-refractivity contribution < 1.29 is 68.0 Å². The van der Waals surface area contributed by atoms with Gasteiger partial charge in [-0.25, -0.2) is 26.2 Å². The number of aryl methyl sites for hydroxylation is 2. The second-order valence-corrected chi connectivity index (χ2v) is 17.7. The number of benzene rings is 6. The predicted molar refractivity (Wildman–Crippen MR) is 230 cm³/mol. The Bertz CT molecular complexity index is 3290. The summed E-state index contributed by atoms with van der Waals surface area (Å²) in [4.78, 5) is -1.30. The van der Waals surface area contributed by atoms with E-state index in [1.807, 2.05) is 0 Å². The van der Waals surface area contributed by atoms with E-state index in [1.165, 1.54) is 74.5 Å². The van der Waals surface area contributed by atoms with E-state index in [0.29, 0.717) is 22.2 Å². The normalized spacial score (nSPS) is 11.9. The molecule has 0 N–H and O–H groups in total. The molecule has 0 fully saturated rings. The van der Waals surface area contributed by atoms with Crippen molar-refractivity contribution in [1.82, 2.24) is 19.6 Å². The number of fused-ring (bicyclic) bond motifs is 2. The molecule has 1 radical (unpaired) electrons. The van der Waals surface area contributed by atoms with E-state index in [2.05, 4.69) is 30.7 Å². The summed E-state index contributed by atoms with van der Waals surface area (Å²) in [7, 11) is -9.79. The molecule has 0 saturated carbocycles. The van der Waals surface area contributed by atoms with Crippen molar-refractivity contribution >= 4 is 111 Å². The molecule has 25 heteroatoms. The van der Waals surface area contributed by atoms with Gasteiger partial charge in [0.1, 0.15) is 31.6 Å². The average Bonchev–Trinajstić information content (AvgIpc) is 3.68. The predicted octanol–water partition coefficient (Wildman–Crippen LogP) is 8.55. The van der Waals surface area contributed by atoms with Gasteiger partial charge in [-0.1, -0.05) is 106 Å². The fraction of sp³-hybridized carbons (Fsp3) is 0.0500. The quantitative estimate of drug-likeness (QED) is 0.102. The standard InChI is InChI=1S/2C20H14Cl2N4O5S.Cr/c2*1-10-18(20(28)26(25-10)15-8-11(21)6-7-14(15)22)23-24-19-13-5-3-2-4-12(13)17(9-16(19)27)32(29,30)31;/h2*2-9,27-28H,1H3,(H,29,30,31);/q;;+3/p-3. The average molecular weight is 1040 g/mol. The molecular formula is C40H25Cl4CrN8O10S2. The van der Waals surface area contributed by atoms with Crippen LogP contribution in [0.2, 0.25) is 20.1 Å². The van der Waals surface area contributed by atoms with Crippen molar-refractivity contribution in [3.63, 3.8) is 0 Å². The van der Waals surface area contributed by atoms with Gasteiger partial charge in [0, 0.05) is 43.4 Å². The third-order valence-electron chi connectivity index (χ3n) is 9.17. The van der Waals surface area contributed by atoms with Gasteiger partial charge in [-0.2, -0.15) is 20.4 Å². The Kier molecular flexibility index (Phi) is 14.2. The van der Waals surface area contributed by atoms with Gasteiger partial charge in [0.25, 0.3) is 0 Å². The largest absolute Gasteiger partial charge is 3.00 e. The minimum Gasteiger partial charge on any atom is -0.871 e. The summed E-state index contributed by atoms with van der Waals surface area (Å²) in [6, 6.07) is 22.2. The van der Waals surface area contributed by atoms with Crippen LogP contribution in [-0.4, -0.2) is 45.5 Å². The van der Waals surface area contributed by atoms with Crippen molar-refractivity contribution in [2.75, 3.05) is 0 Å². The molecule has 65 heavy (non-hydrogen) atoms. The molecule has 18 nitrogen and oxygen atoms in total. The first-order valence-corrected chi connectivity index (χ1v) is 22.1. The second kappa shape index (κ2) is 18.9. The summed E-state index contributed by atoms with van der Waals surface area (Å²) in [5.74, 6) is -2.97. The molecule has 0 bridgehead atoms. The summed E-state index contributed by atoms with van der Waals surface area (Å²) in [6.45, 7) is 3.04. The van der Waals surface area contributed by atoms with Crippen LogP contribution in [0.1, 0.15) is 15.7 Å². The Morgan fingerprint density at radius 2 is 0.831 bits per heavy atom. The monoisotopic (exact) mass is 1030 g/mol. The first-order valence-electron chi connectivity index (χ1n) is 17.8. The van der Waals surface area contributed by atoms with Crippen molar-refractivity contribution in [3.05, 3.63) is 129 Å². The van der Waals surface area contributed by atoms with Gasteiger partial charge >= 0.3 is 21.6 Å². The summed E-state index contributed by atoms with van der Waals surface area (Å²) >= 11 is 24.3. The summed E-state index contributed by atoms with van der Waals surface area (Å²) in [6.07, 6.45) is 0. The SMILES string of the molecule is Cc1nn(-c2cc(Cl)ccc2Cl)c([O-])c1N=Nc1c([O-])cc(S(=O)(=O)[O-])c2ccccc12.Cc1nn(-c2cc(Cl)ccc2Cl)c([O-])c1N=Nc1c([O-])cc(S(=O)(=O)[O-])c2ccccc12.[Cr+3].[H+].[H+].[H+]. The molecular weight excluding hydrogens is 1010 g/mol. The van der Waals surface area contributed by atoms with Crippen molar-refractivity contribution in [2.24, 2.45) is 20.5 Å². The molecule has 8 rings (SSSR count). The number of halogens is 4. The number of nitrogens with zero attached hydrogens (tertiary/aromatic N) is 8. The van der Waals surface area contributed by atoms with Crippen LogP contribution in [0, 0.1) is 13.8 Å². The zero-order valence-corrected chi connectivity index (χ0v) is 38.6. The number of aromatic nitrogens is 4. The number of azo groups is 2. The Labute approximate surface area is 403 Å². The van der Waals surface area contributed by atoms with Crippen LogP contribution in [-0.2, 0) is 37.6 Å². The third kappa shape index (κ3) is 9.90. The van der Waals surface area contributed by atoms with Gasteiger partial charge < -0.3 is 29.5 Å². The molecule has 331 valence electrons. The van der Waals surface area contributed by atoms with E-state index in [4.69, 9.17) is 46.4 Å². The molecule has 0 spiro atoms. The third-order valence-corrected chi connectivity index (χ3v) is 12.0. The Morgan fingerprint density at radius 3 is 1.17 bits per heavy atom. The fourth-order valence-corrected chi connectivity index (χ4v) is 8.40. The Hall–Kier alpha value is -5.83. The molecule has 8 aromatic rings. The molecule has 0 aliphatic carbocycles. The Balaban J connectivity index is 0.000000340. The van der Waals surface area contributed by atoms with E-state index < -0.39 is 53.3 Å². The molecule has 0 aliphatic heterocycles. The zero-order chi connectivity index (χ0) is 46.4. The van der Waals surface area contributed by atoms with Crippen LogP contribution in [0.25, 0.3) is 32.9 Å². The van der Waals surface area contributed by atoms with Crippen LogP contribution in [0.4, 0.5) is 22.7 Å². The maximum absolute atomic E-state index is 12.9. The minimum atomic E-state index is -4.89. The molecule has 2 heterocycles. The van der Waals surface area contributed by atoms with Gasteiger partial charge in [0.05, 0.1) is 54.0 Å². The molecule has 2 aromatic heterocycles.